The van der Waals surface area contributed by atoms with Crippen LogP contribution in [-0.2, 0) is 5.41 Å². The van der Waals surface area contributed by atoms with Gasteiger partial charge in [0.15, 0.2) is 5.65 Å². The Morgan fingerprint density at radius 1 is 1.03 bits per heavy atom. The molecule has 5 saturated carbocycles. The Labute approximate surface area is 181 Å². The maximum absolute atomic E-state index is 13.2. The second-order valence-corrected chi connectivity index (χ2v) is 10.7. The Morgan fingerprint density at radius 3 is 2.26 bits per heavy atom. The molecule has 2 heterocycles. The van der Waals surface area contributed by atoms with Gasteiger partial charge in [-0.05, 0) is 81.3 Å². The third-order valence-corrected chi connectivity index (χ3v) is 8.51. The van der Waals surface area contributed by atoms with Gasteiger partial charge in [0.1, 0.15) is 0 Å². The topological polar surface area (TPSA) is 73.9 Å². The molecule has 5 aliphatic carbocycles. The van der Waals surface area contributed by atoms with Gasteiger partial charge >= 0.3 is 0 Å². The molecule has 31 heavy (non-hydrogen) atoms. The lowest BCUT2D eigenvalue weighted by Crippen LogP contribution is -2.49. The minimum atomic E-state index is -0.0396. The minimum absolute atomic E-state index is 0.0396. The average molecular weight is 411 g/mol. The predicted octanol–water partition coefficient (Wildman–Crippen LogP) is 4.91. The van der Waals surface area contributed by atoms with Gasteiger partial charge < -0.3 is 0 Å². The van der Waals surface area contributed by atoms with E-state index in [1.807, 2.05) is 12.1 Å². The second kappa shape index (κ2) is 6.09. The van der Waals surface area contributed by atoms with Gasteiger partial charge in [0.05, 0.1) is 17.3 Å². The van der Waals surface area contributed by atoms with Crippen LogP contribution in [0.25, 0.3) is 16.9 Å². The lowest BCUT2D eigenvalue weighted by atomic mass is 9.48. The van der Waals surface area contributed by atoms with Crippen LogP contribution in [0.2, 0.25) is 0 Å². The molecule has 1 aromatic carbocycles. The molecule has 1 N–H and O–H groups in total. The Morgan fingerprint density at radius 2 is 1.68 bits per heavy atom. The van der Waals surface area contributed by atoms with Crippen LogP contribution in [0.3, 0.4) is 0 Å². The van der Waals surface area contributed by atoms with E-state index in [2.05, 4.69) is 11.2 Å². The van der Waals surface area contributed by atoms with Gasteiger partial charge in [0, 0.05) is 34.2 Å². The van der Waals surface area contributed by atoms with Crippen molar-refractivity contribution in [3.8, 4) is 17.3 Å². The van der Waals surface area contributed by atoms with E-state index in [1.165, 1.54) is 62.6 Å². The fraction of sp³-hybridized carbons (Fsp3) is 0.500. The maximum Gasteiger partial charge on any atom is 0.273 e. The van der Waals surface area contributed by atoms with E-state index in [0.717, 1.165) is 29.0 Å². The summed E-state index contributed by atoms with van der Waals surface area (Å²) in [6.07, 6.45) is 10.4. The molecule has 2 aromatic heterocycles. The van der Waals surface area contributed by atoms with Crippen molar-refractivity contribution in [2.24, 2.45) is 17.8 Å². The predicted molar refractivity (Wildman–Crippen MR) is 118 cm³/mol. The molecule has 0 saturated heterocycles. The van der Waals surface area contributed by atoms with Crippen LogP contribution >= 0.6 is 0 Å². The normalized spacial score (nSPS) is 31.3. The van der Waals surface area contributed by atoms with Crippen molar-refractivity contribution in [3.05, 3.63) is 57.5 Å². The van der Waals surface area contributed by atoms with Gasteiger partial charge in [-0.25, -0.2) is 9.50 Å². The van der Waals surface area contributed by atoms with Gasteiger partial charge in [-0.2, -0.15) is 5.26 Å². The number of nitrogens with one attached hydrogen (secondary N) is 1. The molecule has 4 bridgehead atoms. The number of nitriles is 1. The van der Waals surface area contributed by atoms with E-state index in [0.29, 0.717) is 17.2 Å². The summed E-state index contributed by atoms with van der Waals surface area (Å²) in [5, 5.41) is 12.6. The van der Waals surface area contributed by atoms with Crippen molar-refractivity contribution < 1.29 is 0 Å². The molecule has 3 aromatic rings. The van der Waals surface area contributed by atoms with E-state index in [9.17, 15) is 4.79 Å². The first-order chi connectivity index (χ1) is 15.1. The molecule has 8 rings (SSSR count). The van der Waals surface area contributed by atoms with Crippen LogP contribution in [0.1, 0.15) is 74.1 Å². The zero-order chi connectivity index (χ0) is 20.7. The molecular formula is C26H26N4O. The SMILES string of the molecule is N#Cc1ccc(-c2cc(=O)n3[nH]c(C4CC4)c(C45CC6CC(CC(C6)C4)C5)c3n2)cc1. The van der Waals surface area contributed by atoms with Crippen LogP contribution in [0.4, 0.5) is 0 Å². The highest BCUT2D eigenvalue weighted by Crippen LogP contribution is 2.62. The molecule has 156 valence electrons. The standard InChI is InChI=1S/C26H26N4O/c27-14-15-1-3-19(4-2-15)21-10-22(31)30-25(28-21)23(24(29-30)20-5-6-20)26-11-16-7-17(12-26)9-18(8-16)13-26/h1-4,10,16-18,20,29H,5-9,11-13H2. The van der Waals surface area contributed by atoms with Crippen LogP contribution in [0.15, 0.2) is 35.1 Å². The van der Waals surface area contributed by atoms with Crippen molar-refractivity contribution in [3.63, 3.8) is 0 Å². The molecule has 5 nitrogen and oxygen atoms in total. The molecule has 5 aliphatic rings. The van der Waals surface area contributed by atoms with E-state index < -0.39 is 0 Å². The number of fused-ring (bicyclic) bond motifs is 1. The molecule has 0 amide bonds. The molecule has 0 unspecified atom stereocenters. The van der Waals surface area contributed by atoms with Gasteiger partial charge in [0.25, 0.3) is 5.56 Å². The highest BCUT2D eigenvalue weighted by Gasteiger charge is 2.54. The quantitative estimate of drug-likeness (QED) is 0.667. The van der Waals surface area contributed by atoms with E-state index in [1.54, 1.807) is 22.7 Å². The molecule has 5 fully saturated rings. The largest absolute Gasteiger partial charge is 0.293 e. The van der Waals surface area contributed by atoms with E-state index in [-0.39, 0.29) is 11.0 Å². The Hall–Kier alpha value is -2.87. The first-order valence-corrected chi connectivity index (χ1v) is 11.8. The molecule has 0 atom stereocenters. The number of hydrogen-bond acceptors (Lipinski definition) is 3. The summed E-state index contributed by atoms with van der Waals surface area (Å²) >= 11 is 0. The van der Waals surface area contributed by atoms with Crippen molar-refractivity contribution in [2.75, 3.05) is 0 Å². The number of aromatic amines is 1. The first kappa shape index (κ1) is 17.8. The van der Waals surface area contributed by atoms with Crippen molar-refractivity contribution in [2.45, 2.75) is 62.7 Å². The molecule has 0 aliphatic heterocycles. The number of rotatable bonds is 3. The molecule has 0 spiro atoms. The van der Waals surface area contributed by atoms with Crippen molar-refractivity contribution in [1.82, 2.24) is 14.6 Å². The minimum Gasteiger partial charge on any atom is -0.293 e. The molecular weight excluding hydrogens is 384 g/mol. The molecule has 5 heteroatoms. The van der Waals surface area contributed by atoms with Crippen LogP contribution in [-0.4, -0.2) is 14.6 Å². The van der Waals surface area contributed by atoms with Crippen LogP contribution < -0.4 is 5.56 Å². The van der Waals surface area contributed by atoms with Crippen molar-refractivity contribution >= 4 is 5.65 Å². The van der Waals surface area contributed by atoms with Crippen LogP contribution in [0, 0.1) is 29.1 Å². The van der Waals surface area contributed by atoms with Gasteiger partial charge in [-0.1, -0.05) is 12.1 Å². The lowest BCUT2D eigenvalue weighted by molar-refractivity contribution is -0.00500. The lowest BCUT2D eigenvalue weighted by Gasteiger charge is -2.57. The Balaban J connectivity index is 1.45. The Bertz CT molecular complexity index is 1270. The number of benzene rings is 1. The maximum atomic E-state index is 13.2. The summed E-state index contributed by atoms with van der Waals surface area (Å²) in [6, 6.07) is 11.2. The summed E-state index contributed by atoms with van der Waals surface area (Å²) in [5.41, 5.74) is 5.91. The third kappa shape index (κ3) is 2.60. The van der Waals surface area contributed by atoms with Gasteiger partial charge in [-0.15, -0.1) is 0 Å². The second-order valence-electron chi connectivity index (χ2n) is 10.7. The summed E-state index contributed by atoms with van der Waals surface area (Å²) < 4.78 is 1.72. The summed E-state index contributed by atoms with van der Waals surface area (Å²) in [5.74, 6) is 3.10. The number of H-pyrrole nitrogens is 1. The number of hydrogen-bond donors (Lipinski definition) is 1. The first-order valence-electron chi connectivity index (χ1n) is 11.8. The molecule has 0 radical (unpaired) electrons. The third-order valence-electron chi connectivity index (χ3n) is 8.51. The summed E-state index contributed by atoms with van der Waals surface area (Å²) in [6.45, 7) is 0. The highest BCUT2D eigenvalue weighted by molar-refractivity contribution is 5.66. The fourth-order valence-corrected chi connectivity index (χ4v) is 7.53. The number of nitrogens with zero attached hydrogens (tertiary/aromatic N) is 3. The number of aromatic nitrogens is 3. The van der Waals surface area contributed by atoms with E-state index >= 15 is 0 Å². The fourth-order valence-electron chi connectivity index (χ4n) is 7.53. The van der Waals surface area contributed by atoms with Crippen LogP contribution in [0.5, 0.6) is 0 Å². The highest BCUT2D eigenvalue weighted by atomic mass is 16.1. The summed E-state index contributed by atoms with van der Waals surface area (Å²) in [4.78, 5) is 18.3. The average Bonchev–Trinajstić information content (AvgIpc) is 3.52. The van der Waals surface area contributed by atoms with Crippen molar-refractivity contribution in [1.29, 1.82) is 5.26 Å². The van der Waals surface area contributed by atoms with Gasteiger partial charge in [-0.3, -0.25) is 9.89 Å². The van der Waals surface area contributed by atoms with E-state index in [4.69, 9.17) is 10.2 Å². The Kier molecular flexibility index (Phi) is 3.49. The zero-order valence-electron chi connectivity index (χ0n) is 17.6. The monoisotopic (exact) mass is 410 g/mol. The summed E-state index contributed by atoms with van der Waals surface area (Å²) in [7, 11) is 0. The zero-order valence-corrected chi connectivity index (χ0v) is 17.6. The van der Waals surface area contributed by atoms with Gasteiger partial charge in [0.2, 0.25) is 0 Å². The smallest absolute Gasteiger partial charge is 0.273 e.